The number of nitrogen functional groups attached to an aromatic ring is 1. The number of benzene rings is 1. The summed E-state index contributed by atoms with van der Waals surface area (Å²) in [4.78, 5) is 7.41. The first-order valence-electron chi connectivity index (χ1n) is 7.94. The Kier molecular flexibility index (Phi) is 3.66. The van der Waals surface area contributed by atoms with E-state index < -0.39 is 0 Å². The minimum absolute atomic E-state index is 0.0405. The molecule has 0 saturated carbocycles. The van der Waals surface area contributed by atoms with Crippen LogP contribution >= 0.6 is 0 Å². The van der Waals surface area contributed by atoms with Crippen LogP contribution in [0.15, 0.2) is 18.2 Å². The van der Waals surface area contributed by atoms with E-state index in [1.807, 2.05) is 12.1 Å². The number of aromatic nitrogens is 2. The third-order valence-corrected chi connectivity index (χ3v) is 4.28. The highest BCUT2D eigenvalue weighted by atomic mass is 15.2. The zero-order valence-electron chi connectivity index (χ0n) is 13.4. The fourth-order valence-corrected chi connectivity index (χ4v) is 3.19. The Balaban J connectivity index is 1.96. The molecule has 0 amide bonds. The van der Waals surface area contributed by atoms with Gasteiger partial charge in [0.05, 0.1) is 11.0 Å². The van der Waals surface area contributed by atoms with Crippen LogP contribution in [0, 0.1) is 0 Å². The van der Waals surface area contributed by atoms with Crippen LogP contribution in [0.2, 0.25) is 0 Å². The van der Waals surface area contributed by atoms with Gasteiger partial charge in [-0.2, -0.15) is 0 Å². The lowest BCUT2D eigenvalue weighted by Crippen LogP contribution is -2.27. The van der Waals surface area contributed by atoms with Gasteiger partial charge in [-0.25, -0.2) is 4.98 Å². The van der Waals surface area contributed by atoms with Gasteiger partial charge < -0.3 is 15.2 Å². The summed E-state index contributed by atoms with van der Waals surface area (Å²) < 4.78 is 2.38. The first-order chi connectivity index (χ1) is 9.95. The third-order valence-electron chi connectivity index (χ3n) is 4.28. The Morgan fingerprint density at radius 3 is 2.52 bits per heavy atom. The molecule has 1 aromatic carbocycles. The van der Waals surface area contributed by atoms with Crippen molar-refractivity contribution >= 4 is 16.7 Å². The molecule has 0 aliphatic carbocycles. The topological polar surface area (TPSA) is 47.1 Å². The number of nitrogens with two attached hydrogens (primary N) is 1. The normalized spacial score (nSPS) is 16.9. The van der Waals surface area contributed by atoms with Crippen LogP contribution in [0.1, 0.15) is 39.4 Å². The number of nitrogens with zero attached hydrogens (tertiary/aromatic N) is 3. The number of rotatable bonds is 3. The van der Waals surface area contributed by atoms with Gasteiger partial charge in [-0.05, 0) is 44.1 Å². The SMILES string of the molecule is CC(C)(C)c1nc2cc(N)ccc2n1CCN1CCCC1. The smallest absolute Gasteiger partial charge is 0.115 e. The first kappa shape index (κ1) is 14.4. The van der Waals surface area contributed by atoms with E-state index in [1.165, 1.54) is 31.4 Å². The molecule has 114 valence electrons. The van der Waals surface area contributed by atoms with E-state index in [4.69, 9.17) is 10.7 Å². The molecule has 1 aliphatic rings. The predicted octanol–water partition coefficient (Wildman–Crippen LogP) is 3.01. The fourth-order valence-electron chi connectivity index (χ4n) is 3.19. The highest BCUT2D eigenvalue weighted by Crippen LogP contribution is 2.27. The van der Waals surface area contributed by atoms with Gasteiger partial charge >= 0.3 is 0 Å². The Morgan fingerprint density at radius 2 is 1.86 bits per heavy atom. The largest absolute Gasteiger partial charge is 0.399 e. The average Bonchev–Trinajstić information content (AvgIpc) is 3.01. The van der Waals surface area contributed by atoms with Crippen LogP contribution < -0.4 is 5.73 Å². The van der Waals surface area contributed by atoms with E-state index in [9.17, 15) is 0 Å². The molecule has 0 spiro atoms. The van der Waals surface area contributed by atoms with Crippen LogP contribution in [0.5, 0.6) is 0 Å². The summed E-state index contributed by atoms with van der Waals surface area (Å²) in [6.45, 7) is 11.3. The summed E-state index contributed by atoms with van der Waals surface area (Å²) in [6.07, 6.45) is 2.68. The molecule has 2 aromatic rings. The van der Waals surface area contributed by atoms with Crippen molar-refractivity contribution in [3.8, 4) is 0 Å². The van der Waals surface area contributed by atoms with Crippen molar-refractivity contribution in [1.82, 2.24) is 14.5 Å². The number of anilines is 1. The Labute approximate surface area is 126 Å². The summed E-state index contributed by atoms with van der Waals surface area (Å²) >= 11 is 0. The average molecular weight is 286 g/mol. The lowest BCUT2D eigenvalue weighted by molar-refractivity contribution is 0.318. The van der Waals surface area contributed by atoms with Crippen LogP contribution in [0.4, 0.5) is 5.69 Å². The second-order valence-electron chi connectivity index (χ2n) is 7.13. The summed E-state index contributed by atoms with van der Waals surface area (Å²) in [6, 6.07) is 6.07. The molecule has 1 saturated heterocycles. The molecule has 0 unspecified atom stereocenters. The van der Waals surface area contributed by atoms with E-state index >= 15 is 0 Å². The maximum atomic E-state index is 5.91. The van der Waals surface area contributed by atoms with Crippen molar-refractivity contribution in [3.63, 3.8) is 0 Å². The molecule has 2 heterocycles. The predicted molar refractivity (Wildman–Crippen MR) is 88.5 cm³/mol. The quantitative estimate of drug-likeness (QED) is 0.882. The molecule has 1 fully saturated rings. The zero-order chi connectivity index (χ0) is 15.0. The number of fused-ring (bicyclic) bond motifs is 1. The van der Waals surface area contributed by atoms with E-state index in [2.05, 4.69) is 36.3 Å². The van der Waals surface area contributed by atoms with Crippen molar-refractivity contribution < 1.29 is 0 Å². The standard InChI is InChI=1S/C17H26N4/c1-17(2,3)16-19-14-12-13(18)6-7-15(14)21(16)11-10-20-8-4-5-9-20/h6-7,12H,4-5,8-11,18H2,1-3H3. The zero-order valence-corrected chi connectivity index (χ0v) is 13.4. The second kappa shape index (κ2) is 5.34. The van der Waals surface area contributed by atoms with Crippen LogP contribution in [0.25, 0.3) is 11.0 Å². The molecule has 4 heteroatoms. The van der Waals surface area contributed by atoms with Crippen molar-refractivity contribution in [3.05, 3.63) is 24.0 Å². The number of hydrogen-bond acceptors (Lipinski definition) is 3. The highest BCUT2D eigenvalue weighted by molar-refractivity contribution is 5.79. The highest BCUT2D eigenvalue weighted by Gasteiger charge is 2.23. The van der Waals surface area contributed by atoms with E-state index in [-0.39, 0.29) is 5.41 Å². The van der Waals surface area contributed by atoms with Gasteiger partial charge in [-0.15, -0.1) is 0 Å². The van der Waals surface area contributed by atoms with Gasteiger partial charge in [-0.1, -0.05) is 20.8 Å². The summed E-state index contributed by atoms with van der Waals surface area (Å²) in [7, 11) is 0. The molecule has 21 heavy (non-hydrogen) atoms. The molecule has 2 N–H and O–H groups in total. The van der Waals surface area contributed by atoms with E-state index in [0.717, 1.165) is 30.1 Å². The number of likely N-dealkylation sites (tertiary alicyclic amines) is 1. The van der Waals surface area contributed by atoms with Crippen molar-refractivity contribution in [1.29, 1.82) is 0 Å². The van der Waals surface area contributed by atoms with Gasteiger partial charge in [-0.3, -0.25) is 0 Å². The molecular formula is C17H26N4. The van der Waals surface area contributed by atoms with Crippen LogP contribution in [-0.2, 0) is 12.0 Å². The second-order valence-corrected chi connectivity index (χ2v) is 7.13. The summed E-state index contributed by atoms with van der Waals surface area (Å²) in [5, 5.41) is 0. The molecule has 3 rings (SSSR count). The monoisotopic (exact) mass is 286 g/mol. The molecular weight excluding hydrogens is 260 g/mol. The van der Waals surface area contributed by atoms with Gasteiger partial charge in [0.15, 0.2) is 0 Å². The summed E-state index contributed by atoms with van der Waals surface area (Å²) in [5.41, 5.74) is 8.95. The van der Waals surface area contributed by atoms with Crippen molar-refractivity contribution in [2.45, 2.75) is 45.6 Å². The van der Waals surface area contributed by atoms with E-state index in [1.54, 1.807) is 0 Å². The molecule has 0 atom stereocenters. The van der Waals surface area contributed by atoms with Crippen LogP contribution in [0.3, 0.4) is 0 Å². The maximum Gasteiger partial charge on any atom is 0.115 e. The lowest BCUT2D eigenvalue weighted by atomic mass is 9.95. The molecule has 0 bridgehead atoms. The van der Waals surface area contributed by atoms with Crippen LogP contribution in [-0.4, -0.2) is 34.1 Å². The van der Waals surface area contributed by atoms with Crippen molar-refractivity contribution in [2.75, 3.05) is 25.4 Å². The van der Waals surface area contributed by atoms with Gasteiger partial charge in [0.25, 0.3) is 0 Å². The Morgan fingerprint density at radius 1 is 1.14 bits per heavy atom. The minimum Gasteiger partial charge on any atom is -0.399 e. The molecule has 4 nitrogen and oxygen atoms in total. The van der Waals surface area contributed by atoms with Gasteiger partial charge in [0.2, 0.25) is 0 Å². The molecule has 1 aromatic heterocycles. The van der Waals surface area contributed by atoms with E-state index in [0.29, 0.717) is 0 Å². The number of hydrogen-bond donors (Lipinski definition) is 1. The Bertz CT molecular complexity index is 630. The maximum absolute atomic E-state index is 5.91. The third kappa shape index (κ3) is 2.91. The lowest BCUT2D eigenvalue weighted by Gasteiger charge is -2.22. The Hall–Kier alpha value is -1.55. The number of imidazole rings is 1. The molecule has 0 radical (unpaired) electrons. The van der Waals surface area contributed by atoms with Gasteiger partial charge in [0, 0.05) is 24.2 Å². The van der Waals surface area contributed by atoms with Gasteiger partial charge in [0.1, 0.15) is 5.82 Å². The fraction of sp³-hybridized carbons (Fsp3) is 0.588. The summed E-state index contributed by atoms with van der Waals surface area (Å²) in [5.74, 6) is 1.15. The minimum atomic E-state index is 0.0405. The first-order valence-corrected chi connectivity index (χ1v) is 7.94. The molecule has 1 aliphatic heterocycles. The van der Waals surface area contributed by atoms with Crippen molar-refractivity contribution in [2.24, 2.45) is 0 Å².